The smallest absolute Gasteiger partial charge is 0.130 e. The van der Waals surface area contributed by atoms with Gasteiger partial charge in [0.25, 0.3) is 0 Å². The van der Waals surface area contributed by atoms with E-state index >= 15 is 0 Å². The Balaban J connectivity index is 1.38. The molecule has 0 aromatic heterocycles. The maximum Gasteiger partial charge on any atom is 0.130 e. The number of ether oxygens (including phenoxy) is 1. The van der Waals surface area contributed by atoms with E-state index < -0.39 is 0 Å². The molecule has 1 aliphatic heterocycles. The summed E-state index contributed by atoms with van der Waals surface area (Å²) < 4.78 is 5.87. The van der Waals surface area contributed by atoms with Crippen LogP contribution in [0.3, 0.4) is 0 Å². The van der Waals surface area contributed by atoms with E-state index in [1.807, 2.05) is 6.26 Å². The van der Waals surface area contributed by atoms with Crippen molar-refractivity contribution < 1.29 is 4.74 Å². The number of benzene rings is 1. The number of hydrogen-bond donors (Lipinski definition) is 0. The van der Waals surface area contributed by atoms with Crippen molar-refractivity contribution in [3.05, 3.63) is 41.7 Å². The van der Waals surface area contributed by atoms with Gasteiger partial charge in [-0.2, -0.15) is 0 Å². The normalized spacial score (nSPS) is 30.4. The van der Waals surface area contributed by atoms with E-state index in [0.717, 1.165) is 29.4 Å². The van der Waals surface area contributed by atoms with Crippen LogP contribution in [0.2, 0.25) is 0 Å². The molecule has 118 valence electrons. The summed E-state index contributed by atoms with van der Waals surface area (Å²) in [6, 6.07) is 6.63. The van der Waals surface area contributed by atoms with Gasteiger partial charge in [0.1, 0.15) is 5.75 Å². The van der Waals surface area contributed by atoms with Crippen LogP contribution in [0.25, 0.3) is 0 Å². The molecule has 0 N–H and O–H groups in total. The third kappa shape index (κ3) is 2.30. The summed E-state index contributed by atoms with van der Waals surface area (Å²) >= 11 is 0. The average molecular weight is 296 g/mol. The lowest BCUT2D eigenvalue weighted by Gasteiger charge is -2.48. The second kappa shape index (κ2) is 6.10. The number of unbranched alkanes of at least 4 members (excludes halogenated alkanes) is 5. The topological polar surface area (TPSA) is 9.23 Å². The molecule has 0 bridgehead atoms. The monoisotopic (exact) mass is 296 g/mol. The zero-order valence-corrected chi connectivity index (χ0v) is 13.8. The van der Waals surface area contributed by atoms with Gasteiger partial charge < -0.3 is 4.74 Å². The highest BCUT2D eigenvalue weighted by atomic mass is 16.5. The van der Waals surface area contributed by atoms with Gasteiger partial charge in [-0.25, -0.2) is 0 Å². The van der Waals surface area contributed by atoms with E-state index in [4.69, 9.17) is 4.74 Å². The van der Waals surface area contributed by atoms with Crippen molar-refractivity contribution in [2.24, 2.45) is 17.8 Å². The van der Waals surface area contributed by atoms with Crippen LogP contribution in [0.4, 0.5) is 0 Å². The molecule has 1 aromatic carbocycles. The molecule has 1 heterocycles. The first kappa shape index (κ1) is 14.4. The molecule has 22 heavy (non-hydrogen) atoms. The molecule has 1 nitrogen and oxygen atoms in total. The lowest BCUT2D eigenvalue weighted by atomic mass is 9.55. The Morgan fingerprint density at radius 3 is 2.86 bits per heavy atom. The second-order valence-corrected chi connectivity index (χ2v) is 7.47. The van der Waals surface area contributed by atoms with Crippen molar-refractivity contribution in [2.45, 2.75) is 64.2 Å². The molecule has 4 atom stereocenters. The van der Waals surface area contributed by atoms with Gasteiger partial charge in [-0.05, 0) is 54.2 Å². The Morgan fingerprint density at radius 1 is 1.09 bits per heavy atom. The van der Waals surface area contributed by atoms with Crippen molar-refractivity contribution in [1.82, 2.24) is 0 Å². The van der Waals surface area contributed by atoms with E-state index in [9.17, 15) is 0 Å². The van der Waals surface area contributed by atoms with Gasteiger partial charge in [-0.3, -0.25) is 0 Å². The van der Waals surface area contributed by atoms with Crippen LogP contribution < -0.4 is 4.74 Å². The summed E-state index contributed by atoms with van der Waals surface area (Å²) in [4.78, 5) is 0. The number of rotatable bonds is 7. The molecule has 0 radical (unpaired) electrons. The summed E-state index contributed by atoms with van der Waals surface area (Å²) in [5.74, 6) is 4.42. The maximum atomic E-state index is 5.87. The predicted octanol–water partition coefficient (Wildman–Crippen LogP) is 5.85. The van der Waals surface area contributed by atoms with E-state index in [1.54, 1.807) is 11.1 Å². The lowest BCUT2D eigenvalue weighted by Crippen LogP contribution is -2.41. The van der Waals surface area contributed by atoms with Crippen LogP contribution in [0.15, 0.2) is 30.5 Å². The molecule has 2 aliphatic carbocycles. The van der Waals surface area contributed by atoms with E-state index in [0.29, 0.717) is 0 Å². The average Bonchev–Trinajstić information content (AvgIpc) is 2.75. The van der Waals surface area contributed by atoms with Crippen molar-refractivity contribution in [3.8, 4) is 5.75 Å². The van der Waals surface area contributed by atoms with Crippen LogP contribution >= 0.6 is 0 Å². The van der Waals surface area contributed by atoms with Crippen LogP contribution in [-0.4, -0.2) is 0 Å². The fourth-order valence-electron chi connectivity index (χ4n) is 5.18. The van der Waals surface area contributed by atoms with Gasteiger partial charge >= 0.3 is 0 Å². The number of allylic oxidation sites excluding steroid dienone is 1. The van der Waals surface area contributed by atoms with Gasteiger partial charge in [0.15, 0.2) is 0 Å². The van der Waals surface area contributed by atoms with Gasteiger partial charge in [-0.15, -0.1) is 0 Å². The highest BCUT2D eigenvalue weighted by molar-refractivity contribution is 5.51. The molecule has 0 unspecified atom stereocenters. The standard InChI is InChI=1S/C21H28O/c1-2-3-4-5-6-7-10-16-17-12-13-22-19-11-8-9-15-14-18(16)21(17)20(15)19/h8-9,11-13,16-18,21H,2-7,10,14H2,1H3/t16-,17-,18+,21-/m1/s1. The zero-order valence-electron chi connectivity index (χ0n) is 13.8. The molecule has 3 aliphatic rings. The van der Waals surface area contributed by atoms with Crippen molar-refractivity contribution >= 4 is 0 Å². The van der Waals surface area contributed by atoms with E-state index in [2.05, 4.69) is 31.2 Å². The summed E-state index contributed by atoms with van der Waals surface area (Å²) in [6.45, 7) is 2.29. The molecule has 1 saturated carbocycles. The Labute approximate surface area is 134 Å². The van der Waals surface area contributed by atoms with Crippen molar-refractivity contribution in [1.29, 1.82) is 0 Å². The van der Waals surface area contributed by atoms with Crippen molar-refractivity contribution in [2.75, 3.05) is 0 Å². The largest absolute Gasteiger partial charge is 0.465 e. The molecule has 0 saturated heterocycles. The molecule has 1 fully saturated rings. The first-order valence-corrected chi connectivity index (χ1v) is 9.35. The summed E-state index contributed by atoms with van der Waals surface area (Å²) in [5.41, 5.74) is 3.10. The quantitative estimate of drug-likeness (QED) is 0.574. The van der Waals surface area contributed by atoms with Crippen molar-refractivity contribution in [3.63, 3.8) is 0 Å². The molecular weight excluding hydrogens is 268 g/mol. The first-order valence-electron chi connectivity index (χ1n) is 9.35. The highest BCUT2D eigenvalue weighted by Gasteiger charge is 2.54. The number of hydrogen-bond acceptors (Lipinski definition) is 1. The second-order valence-electron chi connectivity index (χ2n) is 7.47. The summed E-state index contributed by atoms with van der Waals surface area (Å²) in [5, 5.41) is 0. The van der Waals surface area contributed by atoms with Gasteiger partial charge in [-0.1, -0.05) is 57.6 Å². The minimum Gasteiger partial charge on any atom is -0.465 e. The minimum absolute atomic E-state index is 0.741. The molecular formula is C21H28O. The maximum absolute atomic E-state index is 5.87. The third-order valence-electron chi connectivity index (χ3n) is 6.25. The fourth-order valence-corrected chi connectivity index (χ4v) is 5.18. The molecule has 0 amide bonds. The van der Waals surface area contributed by atoms with Crippen LogP contribution in [0.1, 0.15) is 68.9 Å². The first-order chi connectivity index (χ1) is 10.9. The Hall–Kier alpha value is -1.24. The summed E-state index contributed by atoms with van der Waals surface area (Å²) in [7, 11) is 0. The molecule has 0 spiro atoms. The highest BCUT2D eigenvalue weighted by Crippen LogP contribution is 2.63. The Bertz CT molecular complexity index is 559. The predicted molar refractivity (Wildman–Crippen MR) is 91.1 cm³/mol. The van der Waals surface area contributed by atoms with Gasteiger partial charge in [0.2, 0.25) is 0 Å². The lowest BCUT2D eigenvalue weighted by molar-refractivity contribution is 0.0718. The van der Waals surface area contributed by atoms with Gasteiger partial charge in [0.05, 0.1) is 6.26 Å². The Morgan fingerprint density at radius 2 is 1.95 bits per heavy atom. The third-order valence-corrected chi connectivity index (χ3v) is 6.25. The zero-order chi connectivity index (χ0) is 14.9. The molecule has 1 heteroatoms. The van der Waals surface area contributed by atoms with Gasteiger partial charge in [0, 0.05) is 5.56 Å². The minimum atomic E-state index is 0.741. The fraction of sp³-hybridized carbons (Fsp3) is 0.619. The molecule has 1 aromatic rings. The SMILES string of the molecule is CCCCCCCC[C@@H]1[C@H]2C=COc3cccc4c3[C@H]2[C@H]1C4. The van der Waals surface area contributed by atoms with E-state index in [1.165, 1.54) is 51.4 Å². The molecule has 4 rings (SSSR count). The van der Waals surface area contributed by atoms with Crippen LogP contribution in [0, 0.1) is 17.8 Å². The van der Waals surface area contributed by atoms with E-state index in [-0.39, 0.29) is 0 Å². The summed E-state index contributed by atoms with van der Waals surface area (Å²) in [6.07, 6.45) is 15.5. The van der Waals surface area contributed by atoms with Crippen LogP contribution in [0.5, 0.6) is 5.75 Å². The van der Waals surface area contributed by atoms with Crippen LogP contribution in [-0.2, 0) is 6.42 Å². The Kier molecular flexibility index (Phi) is 3.98.